The highest BCUT2D eigenvalue weighted by Gasteiger charge is 2.12. The van der Waals surface area contributed by atoms with Crippen molar-refractivity contribution in [2.24, 2.45) is 0 Å². The van der Waals surface area contributed by atoms with Crippen LogP contribution in [0.1, 0.15) is 0 Å². The Morgan fingerprint density at radius 3 is 2.38 bits per heavy atom. The van der Waals surface area contributed by atoms with Gasteiger partial charge in [-0.3, -0.25) is 9.55 Å². The fraction of sp³-hybridized carbons (Fsp3) is 0. The second-order valence-electron chi connectivity index (χ2n) is 4.85. The SMILES string of the molecule is c1ccc(-n2c(-c3ccncc3)cc3cccnc32)cc1. The van der Waals surface area contributed by atoms with E-state index in [0.29, 0.717) is 0 Å². The number of benzene rings is 1. The zero-order chi connectivity index (χ0) is 14.1. The van der Waals surface area contributed by atoms with Crippen molar-refractivity contribution in [3.8, 4) is 16.9 Å². The normalized spacial score (nSPS) is 10.9. The lowest BCUT2D eigenvalue weighted by molar-refractivity contribution is 1.10. The molecule has 3 aromatic heterocycles. The topological polar surface area (TPSA) is 30.7 Å². The van der Waals surface area contributed by atoms with Gasteiger partial charge in [-0.05, 0) is 42.5 Å². The number of pyridine rings is 2. The number of rotatable bonds is 2. The lowest BCUT2D eigenvalue weighted by Crippen LogP contribution is -1.97. The zero-order valence-electron chi connectivity index (χ0n) is 11.3. The smallest absolute Gasteiger partial charge is 0.144 e. The van der Waals surface area contributed by atoms with E-state index in [-0.39, 0.29) is 0 Å². The number of aromatic nitrogens is 3. The van der Waals surface area contributed by atoms with Crippen molar-refractivity contribution in [3.63, 3.8) is 0 Å². The quantitative estimate of drug-likeness (QED) is 0.550. The van der Waals surface area contributed by atoms with Gasteiger partial charge in [0, 0.05) is 35.2 Å². The zero-order valence-corrected chi connectivity index (χ0v) is 11.3. The van der Waals surface area contributed by atoms with Crippen LogP contribution in [0.2, 0.25) is 0 Å². The summed E-state index contributed by atoms with van der Waals surface area (Å²) in [7, 11) is 0. The molecule has 0 amide bonds. The van der Waals surface area contributed by atoms with E-state index in [1.807, 2.05) is 55.0 Å². The van der Waals surface area contributed by atoms with Gasteiger partial charge in [-0.15, -0.1) is 0 Å². The second kappa shape index (κ2) is 4.87. The van der Waals surface area contributed by atoms with Crippen LogP contribution < -0.4 is 0 Å². The summed E-state index contributed by atoms with van der Waals surface area (Å²) in [5.74, 6) is 0. The lowest BCUT2D eigenvalue weighted by Gasteiger charge is -2.10. The average molecular weight is 271 g/mol. The van der Waals surface area contributed by atoms with Gasteiger partial charge in [0.05, 0.1) is 5.69 Å². The second-order valence-corrected chi connectivity index (χ2v) is 4.85. The van der Waals surface area contributed by atoms with Crippen LogP contribution in [0.3, 0.4) is 0 Å². The molecule has 0 radical (unpaired) electrons. The van der Waals surface area contributed by atoms with Crippen LogP contribution >= 0.6 is 0 Å². The van der Waals surface area contributed by atoms with Crippen LogP contribution in [0.4, 0.5) is 0 Å². The van der Waals surface area contributed by atoms with Gasteiger partial charge in [-0.25, -0.2) is 4.98 Å². The van der Waals surface area contributed by atoms with E-state index in [9.17, 15) is 0 Å². The van der Waals surface area contributed by atoms with Crippen LogP contribution in [-0.2, 0) is 0 Å². The Hall–Kier alpha value is -2.94. The van der Waals surface area contributed by atoms with Gasteiger partial charge in [0.1, 0.15) is 5.65 Å². The number of para-hydroxylation sites is 1. The van der Waals surface area contributed by atoms with Crippen molar-refractivity contribution in [1.29, 1.82) is 0 Å². The molecule has 0 saturated heterocycles. The van der Waals surface area contributed by atoms with Crippen molar-refractivity contribution < 1.29 is 0 Å². The Morgan fingerprint density at radius 1 is 0.762 bits per heavy atom. The van der Waals surface area contributed by atoms with Crippen LogP contribution in [-0.4, -0.2) is 14.5 Å². The molecule has 21 heavy (non-hydrogen) atoms. The molecule has 0 aliphatic heterocycles. The minimum atomic E-state index is 0.968. The van der Waals surface area contributed by atoms with E-state index in [1.165, 1.54) is 0 Å². The molecule has 0 spiro atoms. The van der Waals surface area contributed by atoms with E-state index < -0.39 is 0 Å². The largest absolute Gasteiger partial charge is 0.294 e. The third-order valence-electron chi connectivity index (χ3n) is 3.55. The molecule has 3 heteroatoms. The molecule has 4 rings (SSSR count). The summed E-state index contributed by atoms with van der Waals surface area (Å²) in [6.07, 6.45) is 5.46. The van der Waals surface area contributed by atoms with Crippen LogP contribution in [0.5, 0.6) is 0 Å². The molecule has 0 atom stereocenters. The van der Waals surface area contributed by atoms with Gasteiger partial charge in [-0.1, -0.05) is 18.2 Å². The van der Waals surface area contributed by atoms with Gasteiger partial charge >= 0.3 is 0 Å². The Labute approximate surface area is 122 Å². The maximum Gasteiger partial charge on any atom is 0.144 e. The molecule has 3 nitrogen and oxygen atoms in total. The summed E-state index contributed by atoms with van der Waals surface area (Å²) in [6.45, 7) is 0. The molecule has 0 unspecified atom stereocenters. The van der Waals surface area contributed by atoms with E-state index in [4.69, 9.17) is 0 Å². The lowest BCUT2D eigenvalue weighted by atomic mass is 10.2. The van der Waals surface area contributed by atoms with Gasteiger partial charge in [-0.2, -0.15) is 0 Å². The third kappa shape index (κ3) is 1.99. The first-order chi connectivity index (χ1) is 10.4. The van der Waals surface area contributed by atoms with Crippen LogP contribution in [0, 0.1) is 0 Å². The van der Waals surface area contributed by atoms with Crippen molar-refractivity contribution in [3.05, 3.63) is 79.3 Å². The van der Waals surface area contributed by atoms with Gasteiger partial charge < -0.3 is 0 Å². The highest BCUT2D eigenvalue weighted by molar-refractivity contribution is 5.86. The standard InChI is InChI=1S/C18H13N3/c1-2-6-16(7-3-1)21-17(14-8-11-19-12-9-14)13-15-5-4-10-20-18(15)21/h1-13H. The van der Waals surface area contributed by atoms with E-state index in [1.54, 1.807) is 0 Å². The summed E-state index contributed by atoms with van der Waals surface area (Å²) in [5, 5.41) is 1.13. The third-order valence-corrected chi connectivity index (χ3v) is 3.55. The Kier molecular flexibility index (Phi) is 2.75. The molecule has 1 aromatic carbocycles. The predicted octanol–water partition coefficient (Wildman–Crippen LogP) is 4.09. The van der Waals surface area contributed by atoms with Crippen molar-refractivity contribution >= 4 is 11.0 Å². The minimum absolute atomic E-state index is 0.968. The first-order valence-electron chi connectivity index (χ1n) is 6.86. The number of hydrogen-bond acceptors (Lipinski definition) is 2. The highest BCUT2D eigenvalue weighted by Crippen LogP contribution is 2.29. The molecule has 0 aliphatic carbocycles. The van der Waals surface area contributed by atoms with Crippen LogP contribution in [0.25, 0.3) is 28.0 Å². The first kappa shape index (κ1) is 11.9. The maximum absolute atomic E-state index is 4.55. The van der Waals surface area contributed by atoms with E-state index in [0.717, 1.165) is 28.0 Å². The average Bonchev–Trinajstić information content (AvgIpc) is 2.96. The van der Waals surface area contributed by atoms with Gasteiger partial charge in [0.25, 0.3) is 0 Å². The molecule has 0 N–H and O–H groups in total. The number of fused-ring (bicyclic) bond motifs is 1. The molecular formula is C18H13N3. The Balaban J connectivity index is 2.07. The molecule has 4 aromatic rings. The first-order valence-corrected chi connectivity index (χ1v) is 6.86. The molecule has 100 valence electrons. The summed E-state index contributed by atoms with van der Waals surface area (Å²) in [5.41, 5.74) is 4.33. The summed E-state index contributed by atoms with van der Waals surface area (Å²) >= 11 is 0. The van der Waals surface area contributed by atoms with Gasteiger partial charge in [0.15, 0.2) is 0 Å². The van der Waals surface area contributed by atoms with Crippen molar-refractivity contribution in [2.45, 2.75) is 0 Å². The number of hydrogen-bond donors (Lipinski definition) is 0. The molecule has 0 fully saturated rings. The van der Waals surface area contributed by atoms with Crippen molar-refractivity contribution in [2.75, 3.05) is 0 Å². The van der Waals surface area contributed by atoms with E-state index >= 15 is 0 Å². The Morgan fingerprint density at radius 2 is 1.57 bits per heavy atom. The maximum atomic E-state index is 4.55. The monoisotopic (exact) mass is 271 g/mol. The number of nitrogens with zero attached hydrogens (tertiary/aromatic N) is 3. The predicted molar refractivity (Wildman–Crippen MR) is 84.3 cm³/mol. The van der Waals surface area contributed by atoms with E-state index in [2.05, 4.69) is 38.8 Å². The molecule has 3 heterocycles. The summed E-state index contributed by atoms with van der Waals surface area (Å²) < 4.78 is 2.19. The minimum Gasteiger partial charge on any atom is -0.294 e. The van der Waals surface area contributed by atoms with Crippen LogP contribution in [0.15, 0.2) is 79.3 Å². The molecule has 0 bridgehead atoms. The summed E-state index contributed by atoms with van der Waals surface area (Å²) in [4.78, 5) is 8.65. The Bertz CT molecular complexity index is 880. The molecule has 0 saturated carbocycles. The fourth-order valence-corrected chi connectivity index (χ4v) is 2.61. The highest BCUT2D eigenvalue weighted by atomic mass is 15.0. The molecule has 0 aliphatic rings. The summed E-state index contributed by atoms with van der Waals surface area (Å²) in [6, 6.07) is 20.6. The molecular weight excluding hydrogens is 258 g/mol. The fourth-order valence-electron chi connectivity index (χ4n) is 2.61. The van der Waals surface area contributed by atoms with Gasteiger partial charge in [0.2, 0.25) is 0 Å². The van der Waals surface area contributed by atoms with Crippen molar-refractivity contribution in [1.82, 2.24) is 14.5 Å².